The number of hydrogen-bond donors (Lipinski definition) is 0. The van der Waals surface area contributed by atoms with Crippen molar-refractivity contribution in [3.05, 3.63) is 39.0 Å². The molecule has 0 spiro atoms. The van der Waals surface area contributed by atoms with Crippen LogP contribution >= 0.6 is 22.7 Å². The van der Waals surface area contributed by atoms with E-state index in [1.54, 1.807) is 27.6 Å². The number of likely N-dealkylation sites (N-methyl/N-ethyl adjacent to an activating group) is 1. The van der Waals surface area contributed by atoms with Crippen LogP contribution in [0.4, 0.5) is 0 Å². The Balaban J connectivity index is 1.73. The highest BCUT2D eigenvalue weighted by Crippen LogP contribution is 2.26. The smallest absolute Gasteiger partial charge is 0.228 e. The Bertz CT molecular complexity index is 788. The van der Waals surface area contributed by atoms with Crippen LogP contribution in [0.25, 0.3) is 4.96 Å². The van der Waals surface area contributed by atoms with Crippen LogP contribution in [-0.4, -0.2) is 32.2 Å². The predicted molar refractivity (Wildman–Crippen MR) is 89.5 cm³/mol. The summed E-state index contributed by atoms with van der Waals surface area (Å²) in [6.07, 6.45) is 4.19. The van der Waals surface area contributed by atoms with E-state index in [0.717, 1.165) is 21.4 Å². The molecule has 3 rings (SSSR count). The highest BCUT2D eigenvalue weighted by atomic mass is 32.1. The summed E-state index contributed by atoms with van der Waals surface area (Å²) in [6, 6.07) is -0.0267. The summed E-state index contributed by atoms with van der Waals surface area (Å²) in [5.74, 6) is 0.0586. The molecule has 0 saturated carbocycles. The predicted octanol–water partition coefficient (Wildman–Crippen LogP) is 3.23. The van der Waals surface area contributed by atoms with Gasteiger partial charge in [-0.25, -0.2) is 9.97 Å². The standard InChI is InChI=1S/C15H18N4OS2/c1-9(14-10(2)22-11(3)16-14)18(4)13(20)7-12-8-19-5-6-21-15(19)17-12/h5-6,8-9H,7H2,1-4H3/t9-/m1/s1. The van der Waals surface area contributed by atoms with Gasteiger partial charge < -0.3 is 4.90 Å². The molecule has 0 aliphatic rings. The number of thiazole rings is 2. The molecule has 1 amide bonds. The molecular weight excluding hydrogens is 316 g/mol. The van der Waals surface area contributed by atoms with Gasteiger partial charge in [-0.2, -0.15) is 0 Å². The summed E-state index contributed by atoms with van der Waals surface area (Å²) in [5, 5.41) is 3.02. The van der Waals surface area contributed by atoms with E-state index in [-0.39, 0.29) is 11.9 Å². The van der Waals surface area contributed by atoms with Crippen molar-refractivity contribution in [3.63, 3.8) is 0 Å². The number of imidazole rings is 1. The first-order valence-electron chi connectivity index (χ1n) is 7.06. The summed E-state index contributed by atoms with van der Waals surface area (Å²) in [4.78, 5) is 25.4. The number of amides is 1. The molecule has 0 radical (unpaired) electrons. The van der Waals surface area contributed by atoms with Gasteiger partial charge in [-0.05, 0) is 20.8 Å². The molecule has 0 aliphatic carbocycles. The maximum Gasteiger partial charge on any atom is 0.228 e. The second-order valence-corrected chi connectivity index (χ2v) is 7.64. The quantitative estimate of drug-likeness (QED) is 0.736. The van der Waals surface area contributed by atoms with Crippen molar-refractivity contribution in [2.75, 3.05) is 7.05 Å². The normalized spacial score (nSPS) is 12.7. The van der Waals surface area contributed by atoms with Crippen molar-refractivity contribution in [1.29, 1.82) is 0 Å². The fourth-order valence-electron chi connectivity index (χ4n) is 2.47. The zero-order valence-corrected chi connectivity index (χ0v) is 14.7. The first kappa shape index (κ1) is 15.2. The lowest BCUT2D eigenvalue weighted by atomic mass is 10.1. The number of carbonyl (C=O) groups excluding carboxylic acids is 1. The monoisotopic (exact) mass is 334 g/mol. The summed E-state index contributed by atoms with van der Waals surface area (Å²) < 4.78 is 1.95. The molecule has 0 N–H and O–H groups in total. The van der Waals surface area contributed by atoms with Crippen molar-refractivity contribution >= 4 is 33.5 Å². The van der Waals surface area contributed by atoms with Crippen LogP contribution in [0.1, 0.15) is 34.2 Å². The van der Waals surface area contributed by atoms with E-state index in [4.69, 9.17) is 0 Å². The zero-order valence-electron chi connectivity index (χ0n) is 13.0. The van der Waals surface area contributed by atoms with Crippen LogP contribution in [0.2, 0.25) is 0 Å². The van der Waals surface area contributed by atoms with E-state index >= 15 is 0 Å². The first-order valence-corrected chi connectivity index (χ1v) is 8.76. The largest absolute Gasteiger partial charge is 0.337 e. The molecule has 7 heteroatoms. The van der Waals surface area contributed by atoms with Gasteiger partial charge in [-0.15, -0.1) is 22.7 Å². The maximum atomic E-state index is 12.5. The highest BCUT2D eigenvalue weighted by molar-refractivity contribution is 7.15. The van der Waals surface area contributed by atoms with Crippen LogP contribution in [0.15, 0.2) is 17.8 Å². The van der Waals surface area contributed by atoms with Crippen molar-refractivity contribution in [2.45, 2.75) is 33.2 Å². The van der Waals surface area contributed by atoms with E-state index < -0.39 is 0 Å². The molecule has 0 aliphatic heterocycles. The van der Waals surface area contributed by atoms with E-state index in [0.29, 0.717) is 6.42 Å². The van der Waals surface area contributed by atoms with Crippen molar-refractivity contribution in [2.24, 2.45) is 0 Å². The fraction of sp³-hybridized carbons (Fsp3) is 0.400. The molecule has 0 aromatic carbocycles. The number of carbonyl (C=O) groups is 1. The third-order valence-corrected chi connectivity index (χ3v) is 5.46. The second-order valence-electron chi connectivity index (χ2n) is 5.36. The van der Waals surface area contributed by atoms with E-state index in [1.807, 2.05) is 43.1 Å². The van der Waals surface area contributed by atoms with E-state index in [2.05, 4.69) is 16.9 Å². The molecule has 22 heavy (non-hydrogen) atoms. The topological polar surface area (TPSA) is 50.5 Å². The van der Waals surface area contributed by atoms with E-state index in [1.165, 1.54) is 4.88 Å². The molecule has 0 fully saturated rings. The Labute approximate surface area is 137 Å². The lowest BCUT2D eigenvalue weighted by Gasteiger charge is -2.24. The number of hydrogen-bond acceptors (Lipinski definition) is 5. The van der Waals surface area contributed by atoms with Crippen LogP contribution in [0.3, 0.4) is 0 Å². The summed E-state index contributed by atoms with van der Waals surface area (Å²) in [7, 11) is 1.83. The number of aryl methyl sites for hydroxylation is 2. The molecular formula is C15H18N4OS2. The third kappa shape index (κ3) is 2.78. The Morgan fingerprint density at radius 1 is 1.41 bits per heavy atom. The SMILES string of the molecule is Cc1nc([C@@H](C)N(C)C(=O)Cc2cn3ccsc3n2)c(C)s1. The highest BCUT2D eigenvalue weighted by Gasteiger charge is 2.22. The van der Waals surface area contributed by atoms with Crippen molar-refractivity contribution in [1.82, 2.24) is 19.3 Å². The van der Waals surface area contributed by atoms with Gasteiger partial charge >= 0.3 is 0 Å². The average Bonchev–Trinajstić information content (AvgIpc) is 3.11. The lowest BCUT2D eigenvalue weighted by molar-refractivity contribution is -0.131. The Hall–Kier alpha value is -1.73. The molecule has 3 heterocycles. The summed E-state index contributed by atoms with van der Waals surface area (Å²) in [5.41, 5.74) is 1.80. The van der Waals surface area contributed by atoms with Gasteiger partial charge in [-0.1, -0.05) is 0 Å². The van der Waals surface area contributed by atoms with Crippen LogP contribution in [-0.2, 0) is 11.2 Å². The second kappa shape index (κ2) is 5.81. The fourth-order valence-corrected chi connectivity index (χ4v) is 4.10. The molecule has 1 atom stereocenters. The summed E-state index contributed by atoms with van der Waals surface area (Å²) in [6.45, 7) is 6.07. The van der Waals surface area contributed by atoms with E-state index in [9.17, 15) is 4.79 Å². The molecule has 3 aromatic heterocycles. The van der Waals surface area contributed by atoms with Crippen molar-refractivity contribution in [3.8, 4) is 0 Å². The van der Waals surface area contributed by atoms with Crippen LogP contribution in [0, 0.1) is 13.8 Å². The first-order chi connectivity index (χ1) is 10.5. The number of nitrogens with zero attached hydrogens (tertiary/aromatic N) is 4. The lowest BCUT2D eigenvalue weighted by Crippen LogP contribution is -2.31. The van der Waals surface area contributed by atoms with Gasteiger partial charge in [-0.3, -0.25) is 9.20 Å². The van der Waals surface area contributed by atoms with Gasteiger partial charge in [0.1, 0.15) is 0 Å². The van der Waals surface area contributed by atoms with Gasteiger partial charge in [0.05, 0.1) is 28.9 Å². The minimum atomic E-state index is -0.0267. The molecule has 5 nitrogen and oxygen atoms in total. The maximum absolute atomic E-state index is 12.5. The molecule has 116 valence electrons. The molecule has 0 unspecified atom stereocenters. The Morgan fingerprint density at radius 2 is 2.18 bits per heavy atom. The minimum absolute atomic E-state index is 0.0267. The average molecular weight is 334 g/mol. The zero-order chi connectivity index (χ0) is 15.9. The number of rotatable bonds is 4. The van der Waals surface area contributed by atoms with Crippen molar-refractivity contribution < 1.29 is 4.79 Å². The van der Waals surface area contributed by atoms with Gasteiger partial charge in [0, 0.05) is 29.7 Å². The number of fused-ring (bicyclic) bond motifs is 1. The molecule has 0 saturated heterocycles. The minimum Gasteiger partial charge on any atom is -0.337 e. The van der Waals surface area contributed by atoms with Gasteiger partial charge in [0.15, 0.2) is 4.96 Å². The Kier molecular flexibility index (Phi) is 4.01. The van der Waals surface area contributed by atoms with Gasteiger partial charge in [0.25, 0.3) is 0 Å². The number of aromatic nitrogens is 3. The Morgan fingerprint density at radius 3 is 2.82 bits per heavy atom. The molecule has 0 bridgehead atoms. The third-order valence-electron chi connectivity index (χ3n) is 3.78. The molecule has 3 aromatic rings. The van der Waals surface area contributed by atoms with Crippen LogP contribution < -0.4 is 0 Å². The van der Waals surface area contributed by atoms with Gasteiger partial charge in [0.2, 0.25) is 5.91 Å². The van der Waals surface area contributed by atoms with Crippen LogP contribution in [0.5, 0.6) is 0 Å². The summed E-state index contributed by atoms with van der Waals surface area (Å²) >= 11 is 3.24.